The number of rotatable bonds is 1. The van der Waals surface area contributed by atoms with Gasteiger partial charge in [-0.15, -0.1) is 0 Å². The highest BCUT2D eigenvalue weighted by molar-refractivity contribution is 5.21. The molecule has 1 rings (SSSR count). The summed E-state index contributed by atoms with van der Waals surface area (Å²) in [5.41, 5.74) is 0.831. The molecule has 0 spiro atoms. The van der Waals surface area contributed by atoms with E-state index < -0.39 is 0 Å². The summed E-state index contributed by atoms with van der Waals surface area (Å²) in [6, 6.07) is 2.05. The van der Waals surface area contributed by atoms with Crippen molar-refractivity contribution in [2.75, 3.05) is 0 Å². The lowest BCUT2D eigenvalue weighted by Gasteiger charge is -2.17. The summed E-state index contributed by atoms with van der Waals surface area (Å²) in [7, 11) is 0. The fourth-order valence-electron chi connectivity index (χ4n) is 0.994. The minimum absolute atomic E-state index is 0.207. The number of nitriles is 1. The van der Waals surface area contributed by atoms with E-state index in [1.165, 1.54) is 0 Å². The molecule has 12 heavy (non-hydrogen) atoms. The molecule has 0 fully saturated rings. The summed E-state index contributed by atoms with van der Waals surface area (Å²) >= 11 is 0. The van der Waals surface area contributed by atoms with E-state index in [4.69, 9.17) is 5.26 Å². The van der Waals surface area contributed by atoms with Crippen molar-refractivity contribution in [3.63, 3.8) is 0 Å². The normalized spacial score (nSPS) is 11.2. The summed E-state index contributed by atoms with van der Waals surface area (Å²) in [6.07, 6.45) is 3.36. The third-order valence-corrected chi connectivity index (χ3v) is 1.40. The van der Waals surface area contributed by atoms with Crippen molar-refractivity contribution in [2.45, 2.75) is 27.3 Å². The summed E-state index contributed by atoms with van der Waals surface area (Å²) in [4.78, 5) is 0. The Hall–Kier alpha value is -1.30. The van der Waals surface area contributed by atoms with Gasteiger partial charge >= 0.3 is 0 Å². The standard InChI is InChI=1S/C9H13N3/c1-9(2,3)7-12-6-8(4-10)5-11-12/h5-6H,7H2,1-3H3. The van der Waals surface area contributed by atoms with Crippen LogP contribution >= 0.6 is 0 Å². The number of nitrogens with zero attached hydrogens (tertiary/aromatic N) is 3. The van der Waals surface area contributed by atoms with Crippen LogP contribution in [0.3, 0.4) is 0 Å². The van der Waals surface area contributed by atoms with Crippen LogP contribution in [0.2, 0.25) is 0 Å². The highest BCUT2D eigenvalue weighted by atomic mass is 15.3. The zero-order valence-electron chi connectivity index (χ0n) is 7.70. The number of hydrogen-bond donors (Lipinski definition) is 0. The summed E-state index contributed by atoms with van der Waals surface area (Å²) in [5, 5.41) is 12.6. The monoisotopic (exact) mass is 163 g/mol. The largest absolute Gasteiger partial charge is 0.271 e. The van der Waals surface area contributed by atoms with E-state index >= 15 is 0 Å². The highest BCUT2D eigenvalue weighted by Gasteiger charge is 2.11. The number of aromatic nitrogens is 2. The van der Waals surface area contributed by atoms with Crippen molar-refractivity contribution in [1.82, 2.24) is 9.78 Å². The van der Waals surface area contributed by atoms with Crippen molar-refractivity contribution in [3.05, 3.63) is 18.0 Å². The van der Waals surface area contributed by atoms with Crippen LogP contribution in [-0.2, 0) is 6.54 Å². The third-order valence-electron chi connectivity index (χ3n) is 1.40. The van der Waals surface area contributed by atoms with E-state index in [0.29, 0.717) is 5.56 Å². The first kappa shape index (κ1) is 8.79. The minimum Gasteiger partial charge on any atom is -0.271 e. The van der Waals surface area contributed by atoms with Gasteiger partial charge in [0.1, 0.15) is 6.07 Å². The average Bonchev–Trinajstić information content (AvgIpc) is 2.32. The van der Waals surface area contributed by atoms with E-state index in [9.17, 15) is 0 Å². The van der Waals surface area contributed by atoms with Crippen LogP contribution in [0, 0.1) is 16.7 Å². The lowest BCUT2D eigenvalue weighted by atomic mass is 9.97. The van der Waals surface area contributed by atoms with Crippen molar-refractivity contribution >= 4 is 0 Å². The molecule has 0 aromatic carbocycles. The van der Waals surface area contributed by atoms with Crippen LogP contribution in [0.15, 0.2) is 12.4 Å². The zero-order valence-corrected chi connectivity index (χ0v) is 7.70. The molecule has 0 aliphatic heterocycles. The van der Waals surface area contributed by atoms with Crippen LogP contribution in [0.25, 0.3) is 0 Å². The fourth-order valence-corrected chi connectivity index (χ4v) is 0.994. The quantitative estimate of drug-likeness (QED) is 0.633. The molecule has 0 amide bonds. The van der Waals surface area contributed by atoms with E-state index in [1.807, 2.05) is 6.07 Å². The average molecular weight is 163 g/mol. The van der Waals surface area contributed by atoms with Crippen LogP contribution < -0.4 is 0 Å². The molecule has 1 heterocycles. The zero-order chi connectivity index (χ0) is 9.19. The lowest BCUT2D eigenvalue weighted by molar-refractivity contribution is 0.325. The molecule has 0 saturated heterocycles. The Bertz CT molecular complexity index is 298. The molecule has 1 aromatic rings. The van der Waals surface area contributed by atoms with Gasteiger partial charge < -0.3 is 0 Å². The van der Waals surface area contributed by atoms with Gasteiger partial charge in [-0.05, 0) is 5.41 Å². The summed E-state index contributed by atoms with van der Waals surface area (Å²) < 4.78 is 1.80. The molecule has 0 aliphatic carbocycles. The molecule has 0 unspecified atom stereocenters. The van der Waals surface area contributed by atoms with Crippen molar-refractivity contribution < 1.29 is 0 Å². The Balaban J connectivity index is 2.72. The molecule has 0 aliphatic rings. The van der Waals surface area contributed by atoms with Crippen molar-refractivity contribution in [2.24, 2.45) is 5.41 Å². The first-order valence-corrected chi connectivity index (χ1v) is 3.94. The predicted molar refractivity (Wildman–Crippen MR) is 46.4 cm³/mol. The minimum atomic E-state index is 0.207. The van der Waals surface area contributed by atoms with Crippen LogP contribution in [0.4, 0.5) is 0 Å². The molecule has 0 atom stereocenters. The Kier molecular flexibility index (Phi) is 2.18. The maximum absolute atomic E-state index is 8.55. The van der Waals surface area contributed by atoms with Gasteiger partial charge in [-0.1, -0.05) is 20.8 Å². The molecular weight excluding hydrogens is 150 g/mol. The second kappa shape index (κ2) is 2.98. The van der Waals surface area contributed by atoms with Gasteiger partial charge in [-0.2, -0.15) is 10.4 Å². The smallest absolute Gasteiger partial charge is 0.102 e. The van der Waals surface area contributed by atoms with E-state index in [1.54, 1.807) is 17.1 Å². The molecule has 3 nitrogen and oxygen atoms in total. The molecule has 64 valence electrons. The topological polar surface area (TPSA) is 41.6 Å². The van der Waals surface area contributed by atoms with Crippen molar-refractivity contribution in [1.29, 1.82) is 5.26 Å². The first-order valence-electron chi connectivity index (χ1n) is 3.94. The molecule has 1 aromatic heterocycles. The second-order valence-corrected chi connectivity index (χ2v) is 4.10. The van der Waals surface area contributed by atoms with Gasteiger partial charge in [-0.3, -0.25) is 4.68 Å². The maximum atomic E-state index is 8.55. The molecular formula is C9H13N3. The van der Waals surface area contributed by atoms with E-state index in [-0.39, 0.29) is 5.41 Å². The third kappa shape index (κ3) is 2.39. The molecule has 0 bridgehead atoms. The molecule has 0 radical (unpaired) electrons. The second-order valence-electron chi connectivity index (χ2n) is 4.10. The Morgan fingerprint density at radius 1 is 1.58 bits per heavy atom. The van der Waals surface area contributed by atoms with Crippen LogP contribution in [0.1, 0.15) is 26.3 Å². The Labute approximate surface area is 72.6 Å². The lowest BCUT2D eigenvalue weighted by Crippen LogP contribution is -2.15. The van der Waals surface area contributed by atoms with E-state index in [0.717, 1.165) is 6.54 Å². The van der Waals surface area contributed by atoms with E-state index in [2.05, 4.69) is 25.9 Å². The Morgan fingerprint density at radius 3 is 2.67 bits per heavy atom. The highest BCUT2D eigenvalue weighted by Crippen LogP contribution is 2.15. The van der Waals surface area contributed by atoms with Crippen molar-refractivity contribution in [3.8, 4) is 6.07 Å². The first-order chi connectivity index (χ1) is 5.51. The van der Waals surface area contributed by atoms with Gasteiger partial charge in [-0.25, -0.2) is 0 Å². The number of hydrogen-bond acceptors (Lipinski definition) is 2. The van der Waals surface area contributed by atoms with Gasteiger partial charge in [0.25, 0.3) is 0 Å². The fraction of sp³-hybridized carbons (Fsp3) is 0.556. The van der Waals surface area contributed by atoms with Gasteiger partial charge in [0.2, 0.25) is 0 Å². The van der Waals surface area contributed by atoms with Crippen LogP contribution in [-0.4, -0.2) is 9.78 Å². The van der Waals surface area contributed by atoms with Gasteiger partial charge in [0.05, 0.1) is 11.8 Å². The van der Waals surface area contributed by atoms with Gasteiger partial charge in [0, 0.05) is 12.7 Å². The molecule has 0 saturated carbocycles. The molecule has 0 N–H and O–H groups in total. The maximum Gasteiger partial charge on any atom is 0.102 e. The molecule has 3 heteroatoms. The predicted octanol–water partition coefficient (Wildman–Crippen LogP) is 1.80. The Morgan fingerprint density at radius 2 is 2.25 bits per heavy atom. The van der Waals surface area contributed by atoms with Crippen LogP contribution in [0.5, 0.6) is 0 Å². The van der Waals surface area contributed by atoms with Gasteiger partial charge in [0.15, 0.2) is 0 Å². The summed E-state index contributed by atoms with van der Waals surface area (Å²) in [6.45, 7) is 7.26. The summed E-state index contributed by atoms with van der Waals surface area (Å²) in [5.74, 6) is 0. The SMILES string of the molecule is CC(C)(C)Cn1cc(C#N)cn1.